The third-order valence-electron chi connectivity index (χ3n) is 0.435. The summed E-state index contributed by atoms with van der Waals surface area (Å²) in [5.74, 6) is 0. The summed E-state index contributed by atoms with van der Waals surface area (Å²) in [6.45, 7) is 0. The van der Waals surface area contributed by atoms with Gasteiger partial charge in [-0.25, -0.2) is 0 Å². The topological polar surface area (TPSA) is 52.5 Å². The van der Waals surface area contributed by atoms with Crippen LogP contribution >= 0.6 is 0 Å². The summed E-state index contributed by atoms with van der Waals surface area (Å²) in [7, 11) is 1.68. The zero-order valence-electron chi connectivity index (χ0n) is 4.13. The highest BCUT2D eigenvalue weighted by molar-refractivity contribution is 4.79. The van der Waals surface area contributed by atoms with Gasteiger partial charge in [-0.05, 0) is 12.3 Å². The molecule has 0 aromatic heterocycles. The van der Waals surface area contributed by atoms with E-state index in [0.29, 0.717) is 0 Å². The first-order valence-electron chi connectivity index (χ1n) is 1.97. The molecule has 0 fully saturated rings. The molecule has 0 atom stereocenters. The smallest absolute Gasteiger partial charge is 0.172 e. The van der Waals surface area contributed by atoms with E-state index in [1.54, 1.807) is 7.05 Å². The second-order valence-electron chi connectivity index (χ2n) is 1.06. The van der Waals surface area contributed by atoms with Crippen molar-refractivity contribution in [3.63, 3.8) is 0 Å². The van der Waals surface area contributed by atoms with Gasteiger partial charge in [-0.2, -0.15) is 0 Å². The Bertz CT molecular complexity index is 60.7. The largest absolute Gasteiger partial charge is 0.394 e. The Kier molecular flexibility index (Phi) is 3.36. The predicted octanol–water partition coefficient (Wildman–Crippen LogP) is -0.970. The van der Waals surface area contributed by atoms with Gasteiger partial charge in [0.15, 0.2) is 6.29 Å². The fourth-order valence-corrected chi connectivity index (χ4v) is 0.182. The highest BCUT2D eigenvalue weighted by Gasteiger charge is 1.81. The molecule has 0 saturated heterocycles. The molecular weight excluding hydrogens is 94.0 g/mol. The van der Waals surface area contributed by atoms with Gasteiger partial charge in [-0.1, -0.05) is 0 Å². The van der Waals surface area contributed by atoms with Gasteiger partial charge in [0.2, 0.25) is 0 Å². The van der Waals surface area contributed by atoms with E-state index in [-0.39, 0.29) is 0 Å². The fraction of sp³-hybridized carbons (Fsp3) is 0.500. The van der Waals surface area contributed by atoms with Crippen LogP contribution in [0, 0.1) is 0 Å². The fourth-order valence-electron chi connectivity index (χ4n) is 0.182. The average Bonchev–Trinajstić information content (AvgIpc) is 1.61. The van der Waals surface area contributed by atoms with E-state index in [1.165, 1.54) is 12.3 Å². The van der Waals surface area contributed by atoms with E-state index in [4.69, 9.17) is 10.2 Å². The summed E-state index contributed by atoms with van der Waals surface area (Å²) >= 11 is 0. The van der Waals surface area contributed by atoms with E-state index in [2.05, 4.69) is 5.32 Å². The maximum atomic E-state index is 8.11. The third kappa shape index (κ3) is 5.46. The molecule has 7 heavy (non-hydrogen) atoms. The van der Waals surface area contributed by atoms with Crippen LogP contribution in [0.5, 0.6) is 0 Å². The molecule has 0 aliphatic rings. The van der Waals surface area contributed by atoms with Gasteiger partial charge in [0.25, 0.3) is 0 Å². The minimum atomic E-state index is -1.34. The first-order valence-corrected chi connectivity index (χ1v) is 1.97. The zero-order chi connectivity index (χ0) is 5.70. The lowest BCUT2D eigenvalue weighted by atomic mass is 10.6. The van der Waals surface area contributed by atoms with Crippen molar-refractivity contribution in [3.8, 4) is 0 Å². The summed E-state index contributed by atoms with van der Waals surface area (Å²) in [6.07, 6.45) is 1.33. The maximum absolute atomic E-state index is 8.11. The lowest BCUT2D eigenvalue weighted by molar-refractivity contribution is 0.00210. The standard InChI is InChI=1S/C4H9NO2/c1-5-3-2-4(6)7/h2-7H,1H3/b3-2+. The van der Waals surface area contributed by atoms with Crippen LogP contribution in [-0.2, 0) is 0 Å². The third-order valence-corrected chi connectivity index (χ3v) is 0.435. The van der Waals surface area contributed by atoms with Gasteiger partial charge in [-0.3, -0.25) is 0 Å². The molecule has 0 aromatic carbocycles. The van der Waals surface area contributed by atoms with Crippen LogP contribution in [0.25, 0.3) is 0 Å². The van der Waals surface area contributed by atoms with E-state index in [0.717, 1.165) is 0 Å². The molecule has 0 spiro atoms. The Morgan fingerprint density at radius 1 is 1.57 bits per heavy atom. The molecule has 0 aromatic rings. The van der Waals surface area contributed by atoms with Crippen LogP contribution in [-0.4, -0.2) is 23.6 Å². The molecule has 3 N–H and O–H groups in total. The van der Waals surface area contributed by atoms with Gasteiger partial charge in [-0.15, -0.1) is 0 Å². The van der Waals surface area contributed by atoms with Crippen LogP contribution in [0.4, 0.5) is 0 Å². The molecule has 0 unspecified atom stereocenters. The first kappa shape index (κ1) is 6.46. The number of rotatable bonds is 2. The molecule has 42 valence electrons. The molecule has 0 rings (SSSR count). The Balaban J connectivity index is 3.08. The number of nitrogens with one attached hydrogen (secondary N) is 1. The molecule has 0 aliphatic heterocycles. The lowest BCUT2D eigenvalue weighted by Gasteiger charge is -1.90. The monoisotopic (exact) mass is 103 g/mol. The SMILES string of the molecule is CN/C=C/C(O)O. The molecule has 0 saturated carbocycles. The number of aliphatic hydroxyl groups excluding tert-OH is 1. The van der Waals surface area contributed by atoms with E-state index in [1.807, 2.05) is 0 Å². The van der Waals surface area contributed by atoms with Gasteiger partial charge < -0.3 is 15.5 Å². The van der Waals surface area contributed by atoms with Gasteiger partial charge in [0.05, 0.1) is 0 Å². The van der Waals surface area contributed by atoms with Crippen LogP contribution < -0.4 is 5.32 Å². The first-order chi connectivity index (χ1) is 3.27. The summed E-state index contributed by atoms with van der Waals surface area (Å²) in [6, 6.07) is 0. The molecule has 3 nitrogen and oxygen atoms in total. The Hall–Kier alpha value is -0.540. The second-order valence-corrected chi connectivity index (χ2v) is 1.06. The zero-order valence-corrected chi connectivity index (χ0v) is 4.13. The highest BCUT2D eigenvalue weighted by atomic mass is 16.5. The molecule has 3 heteroatoms. The Labute approximate surface area is 42.3 Å². The summed E-state index contributed by atoms with van der Waals surface area (Å²) in [5.41, 5.74) is 0. The Morgan fingerprint density at radius 2 is 2.14 bits per heavy atom. The van der Waals surface area contributed by atoms with Crippen molar-refractivity contribution in [2.75, 3.05) is 7.05 Å². The normalized spacial score (nSPS) is 10.9. The average molecular weight is 103 g/mol. The molecule has 0 heterocycles. The lowest BCUT2D eigenvalue weighted by Crippen LogP contribution is -2.01. The summed E-state index contributed by atoms with van der Waals surface area (Å²) in [4.78, 5) is 0. The van der Waals surface area contributed by atoms with E-state index >= 15 is 0 Å². The van der Waals surface area contributed by atoms with Crippen LogP contribution in [0.3, 0.4) is 0 Å². The molecule has 0 bridgehead atoms. The Morgan fingerprint density at radius 3 is 2.29 bits per heavy atom. The van der Waals surface area contributed by atoms with Crippen LogP contribution in [0.2, 0.25) is 0 Å². The van der Waals surface area contributed by atoms with Gasteiger partial charge in [0.1, 0.15) is 0 Å². The van der Waals surface area contributed by atoms with Gasteiger partial charge in [0, 0.05) is 7.05 Å². The minimum Gasteiger partial charge on any atom is -0.394 e. The van der Waals surface area contributed by atoms with Crippen molar-refractivity contribution >= 4 is 0 Å². The maximum Gasteiger partial charge on any atom is 0.172 e. The van der Waals surface area contributed by atoms with E-state index in [9.17, 15) is 0 Å². The summed E-state index contributed by atoms with van der Waals surface area (Å²) < 4.78 is 0. The number of hydrogen-bond acceptors (Lipinski definition) is 3. The van der Waals surface area contributed by atoms with Crippen molar-refractivity contribution in [2.45, 2.75) is 6.29 Å². The van der Waals surface area contributed by atoms with E-state index < -0.39 is 6.29 Å². The van der Waals surface area contributed by atoms with Crippen LogP contribution in [0.15, 0.2) is 12.3 Å². The second kappa shape index (κ2) is 3.64. The van der Waals surface area contributed by atoms with Crippen molar-refractivity contribution in [2.24, 2.45) is 0 Å². The molecular formula is C4H9NO2. The van der Waals surface area contributed by atoms with Gasteiger partial charge >= 0.3 is 0 Å². The highest BCUT2D eigenvalue weighted by Crippen LogP contribution is 1.72. The minimum absolute atomic E-state index is 1.22. The predicted molar refractivity (Wildman–Crippen MR) is 26.4 cm³/mol. The van der Waals surface area contributed by atoms with Crippen molar-refractivity contribution in [1.82, 2.24) is 5.32 Å². The van der Waals surface area contributed by atoms with Crippen molar-refractivity contribution < 1.29 is 10.2 Å². The molecule has 0 aliphatic carbocycles. The van der Waals surface area contributed by atoms with Crippen molar-refractivity contribution in [3.05, 3.63) is 12.3 Å². The quantitative estimate of drug-likeness (QED) is 0.394. The van der Waals surface area contributed by atoms with Crippen molar-refractivity contribution in [1.29, 1.82) is 0 Å². The number of hydrogen-bond donors (Lipinski definition) is 3. The number of aliphatic hydroxyl groups is 2. The van der Waals surface area contributed by atoms with Crippen LogP contribution in [0.1, 0.15) is 0 Å². The molecule has 0 radical (unpaired) electrons. The molecule has 0 amide bonds. The summed E-state index contributed by atoms with van der Waals surface area (Å²) in [5, 5.41) is 18.8.